The Morgan fingerprint density at radius 3 is 2.46 bits per heavy atom. The average molecular weight is 570 g/mol. The molecule has 1 N–H and O–H groups in total. The van der Waals surface area contributed by atoms with Gasteiger partial charge in [0.15, 0.2) is 5.13 Å². The van der Waals surface area contributed by atoms with Crippen molar-refractivity contribution in [1.82, 2.24) is 9.97 Å². The Hall–Kier alpha value is -4.83. The maximum atomic E-state index is 13.4. The lowest BCUT2D eigenvalue weighted by molar-refractivity contribution is -0.132. The molecule has 0 radical (unpaired) electrons. The first-order valence-corrected chi connectivity index (χ1v) is 13.7. The zero-order valence-corrected chi connectivity index (χ0v) is 23.5. The molecule has 0 bridgehead atoms. The number of aromatic nitrogens is 2. The van der Waals surface area contributed by atoms with Crippen molar-refractivity contribution in [2.75, 3.05) is 11.5 Å². The number of aryl methyl sites for hydroxylation is 2. The zero-order valence-electron chi connectivity index (χ0n) is 22.7. The topological polar surface area (TPSA) is 119 Å². The Morgan fingerprint density at radius 1 is 1.05 bits per heavy atom. The number of pyridine rings is 1. The number of thiazole rings is 1. The second kappa shape index (κ2) is 11.7. The molecule has 5 rings (SSSR count). The molecule has 1 saturated heterocycles. The molecular weight excluding hydrogens is 542 g/mol. The second-order valence-corrected chi connectivity index (χ2v) is 10.4. The summed E-state index contributed by atoms with van der Waals surface area (Å²) < 4.78 is 11.0. The maximum Gasteiger partial charge on any atom is 0.350 e. The van der Waals surface area contributed by atoms with Gasteiger partial charge in [-0.25, -0.2) is 9.78 Å². The minimum absolute atomic E-state index is 0.0971. The first kappa shape index (κ1) is 27.7. The van der Waals surface area contributed by atoms with Crippen LogP contribution in [0.4, 0.5) is 5.13 Å². The number of anilines is 1. The fraction of sp³-hybridized carbons (Fsp3) is 0.194. The summed E-state index contributed by atoms with van der Waals surface area (Å²) in [5.41, 5.74) is 3.33. The molecule has 1 aliphatic rings. The first-order valence-electron chi connectivity index (χ1n) is 12.9. The highest BCUT2D eigenvalue weighted by Gasteiger charge is 2.48. The van der Waals surface area contributed by atoms with Gasteiger partial charge in [-0.2, -0.15) is 0 Å². The van der Waals surface area contributed by atoms with Gasteiger partial charge in [-0.3, -0.25) is 19.5 Å². The lowest BCUT2D eigenvalue weighted by atomic mass is 9.96. The van der Waals surface area contributed by atoms with Crippen molar-refractivity contribution in [2.45, 2.75) is 33.4 Å². The predicted octanol–water partition coefficient (Wildman–Crippen LogP) is 5.54. The number of Topliss-reactive ketones (excluding diaryl/α,β-unsaturated/α-hetero) is 1. The quantitative estimate of drug-likeness (QED) is 0.127. The van der Waals surface area contributed by atoms with Crippen molar-refractivity contribution in [3.05, 3.63) is 111 Å². The molecule has 4 aromatic rings. The van der Waals surface area contributed by atoms with E-state index in [0.717, 1.165) is 22.5 Å². The van der Waals surface area contributed by atoms with Gasteiger partial charge in [-0.05, 0) is 68.3 Å². The maximum absolute atomic E-state index is 13.4. The molecule has 1 amide bonds. The monoisotopic (exact) mass is 569 g/mol. The van der Waals surface area contributed by atoms with E-state index in [0.29, 0.717) is 29.2 Å². The molecule has 9 nitrogen and oxygen atoms in total. The van der Waals surface area contributed by atoms with Gasteiger partial charge in [-0.15, -0.1) is 0 Å². The molecule has 10 heteroatoms. The largest absolute Gasteiger partial charge is 0.507 e. The number of nitrogens with zero attached hydrogens (tertiary/aromatic N) is 3. The van der Waals surface area contributed by atoms with E-state index in [-0.39, 0.29) is 27.9 Å². The predicted molar refractivity (Wildman–Crippen MR) is 154 cm³/mol. The van der Waals surface area contributed by atoms with Gasteiger partial charge in [-0.1, -0.05) is 41.2 Å². The van der Waals surface area contributed by atoms with Crippen LogP contribution in [-0.2, 0) is 20.9 Å². The molecule has 3 heterocycles. The van der Waals surface area contributed by atoms with Gasteiger partial charge < -0.3 is 14.6 Å². The summed E-state index contributed by atoms with van der Waals surface area (Å²) in [7, 11) is 0. The minimum Gasteiger partial charge on any atom is -0.507 e. The van der Waals surface area contributed by atoms with Crippen LogP contribution in [0.1, 0.15) is 50.6 Å². The van der Waals surface area contributed by atoms with Gasteiger partial charge in [0.1, 0.15) is 23.0 Å². The van der Waals surface area contributed by atoms with Gasteiger partial charge in [0.2, 0.25) is 0 Å². The van der Waals surface area contributed by atoms with Crippen LogP contribution >= 0.6 is 11.3 Å². The van der Waals surface area contributed by atoms with Crippen LogP contribution in [0.25, 0.3) is 5.76 Å². The molecule has 0 aliphatic carbocycles. The van der Waals surface area contributed by atoms with Gasteiger partial charge in [0.25, 0.3) is 5.78 Å². The van der Waals surface area contributed by atoms with E-state index in [1.165, 1.54) is 17.3 Å². The van der Waals surface area contributed by atoms with Crippen LogP contribution in [0.2, 0.25) is 0 Å². The lowest BCUT2D eigenvalue weighted by Crippen LogP contribution is -2.29. The smallest absolute Gasteiger partial charge is 0.350 e. The highest BCUT2D eigenvalue weighted by molar-refractivity contribution is 7.17. The summed E-state index contributed by atoms with van der Waals surface area (Å²) in [6.45, 7) is 5.90. The van der Waals surface area contributed by atoms with Gasteiger partial charge in [0.05, 0.1) is 23.9 Å². The summed E-state index contributed by atoms with van der Waals surface area (Å²) in [4.78, 5) is 49.1. The highest BCUT2D eigenvalue weighted by Crippen LogP contribution is 2.43. The van der Waals surface area contributed by atoms with E-state index in [4.69, 9.17) is 9.47 Å². The zero-order chi connectivity index (χ0) is 29.1. The fourth-order valence-corrected chi connectivity index (χ4v) is 5.58. The van der Waals surface area contributed by atoms with Crippen LogP contribution in [0.15, 0.2) is 78.6 Å². The Labute approximate surface area is 240 Å². The summed E-state index contributed by atoms with van der Waals surface area (Å²) in [6.07, 6.45) is 3.07. The number of benzene rings is 2. The third-order valence-corrected chi connectivity index (χ3v) is 7.67. The highest BCUT2D eigenvalue weighted by atomic mass is 32.1. The molecule has 1 fully saturated rings. The number of ether oxygens (including phenoxy) is 2. The molecule has 41 heavy (non-hydrogen) atoms. The summed E-state index contributed by atoms with van der Waals surface area (Å²) in [5.74, 6) is -2.04. The van der Waals surface area contributed by atoms with E-state index in [1.54, 1.807) is 50.2 Å². The average Bonchev–Trinajstić information content (AvgIpc) is 3.48. The number of aliphatic hydroxyl groups excluding tert-OH is 1. The standard InChI is InChI=1S/C31H27N3O6S/c1-4-39-30(38)28-19(3)33-31(41-28)34-25(21-12-14-32-15-13-21)24(27(36)29(34)37)26(35)22-8-10-23(11-9-22)40-17-20-7-5-6-18(2)16-20/h5-16,25,35H,4,17H2,1-3H3/b26-24+. The number of aliphatic hydroxyl groups is 1. The van der Waals surface area contributed by atoms with Crippen LogP contribution in [0, 0.1) is 13.8 Å². The second-order valence-electron chi connectivity index (χ2n) is 9.38. The molecule has 2 aromatic heterocycles. The number of rotatable bonds is 8. The van der Waals surface area contributed by atoms with Crippen molar-refractivity contribution in [2.24, 2.45) is 0 Å². The van der Waals surface area contributed by atoms with Crippen LogP contribution in [-0.4, -0.2) is 39.3 Å². The molecule has 1 unspecified atom stereocenters. The number of hydrogen-bond donors (Lipinski definition) is 1. The van der Waals surface area contributed by atoms with Gasteiger partial charge in [0, 0.05) is 18.0 Å². The van der Waals surface area contributed by atoms with Crippen LogP contribution in [0.5, 0.6) is 5.75 Å². The van der Waals surface area contributed by atoms with Crippen molar-refractivity contribution in [3.8, 4) is 5.75 Å². The number of carbonyl (C=O) groups excluding carboxylic acids is 3. The Balaban J connectivity index is 1.50. The first-order chi connectivity index (χ1) is 19.8. The molecule has 208 valence electrons. The summed E-state index contributed by atoms with van der Waals surface area (Å²) in [5, 5.41) is 11.5. The molecule has 0 spiro atoms. The Morgan fingerprint density at radius 2 is 1.78 bits per heavy atom. The van der Waals surface area contributed by atoms with Crippen molar-refractivity contribution in [3.63, 3.8) is 0 Å². The SMILES string of the molecule is CCOC(=O)c1sc(N2C(=O)C(=O)/C(=C(/O)c3ccc(OCc4cccc(C)c4)cc3)C2c2ccncc2)nc1C. The number of ketones is 1. The lowest BCUT2D eigenvalue weighted by Gasteiger charge is -2.22. The number of carbonyl (C=O) groups is 3. The number of hydrogen-bond acceptors (Lipinski definition) is 9. The third-order valence-electron chi connectivity index (χ3n) is 6.53. The van der Waals surface area contributed by atoms with Crippen molar-refractivity contribution in [1.29, 1.82) is 0 Å². The summed E-state index contributed by atoms with van der Waals surface area (Å²) >= 11 is 0.956. The number of esters is 1. The van der Waals surface area contributed by atoms with E-state index in [2.05, 4.69) is 9.97 Å². The van der Waals surface area contributed by atoms with Crippen molar-refractivity contribution >= 4 is 39.9 Å². The Kier molecular flexibility index (Phi) is 7.93. The summed E-state index contributed by atoms with van der Waals surface area (Å²) in [6, 6.07) is 17.0. The van der Waals surface area contributed by atoms with Crippen LogP contribution < -0.4 is 9.64 Å². The molecule has 0 saturated carbocycles. The molecule has 1 atom stereocenters. The van der Waals surface area contributed by atoms with Gasteiger partial charge >= 0.3 is 11.9 Å². The van der Waals surface area contributed by atoms with Crippen LogP contribution in [0.3, 0.4) is 0 Å². The van der Waals surface area contributed by atoms with Crippen molar-refractivity contribution < 1.29 is 29.0 Å². The molecule has 2 aromatic carbocycles. The fourth-order valence-electron chi connectivity index (χ4n) is 4.60. The third kappa shape index (κ3) is 5.59. The van der Waals surface area contributed by atoms with E-state index in [9.17, 15) is 19.5 Å². The van der Waals surface area contributed by atoms with E-state index >= 15 is 0 Å². The normalized spacial score (nSPS) is 16.2. The molecule has 1 aliphatic heterocycles. The number of amides is 1. The molecular formula is C31H27N3O6S. The minimum atomic E-state index is -0.990. The van der Waals surface area contributed by atoms with E-state index < -0.39 is 23.7 Å². The Bertz CT molecular complexity index is 1650. The van der Waals surface area contributed by atoms with E-state index in [1.807, 2.05) is 31.2 Å².